The van der Waals surface area contributed by atoms with E-state index in [1.54, 1.807) is 6.08 Å². The number of hydrogen-bond donors (Lipinski definition) is 2. The maximum atomic E-state index is 13.0. The predicted octanol–water partition coefficient (Wildman–Crippen LogP) is 18.9. The number of hydrogen-bond acceptors (Lipinski definition) is 6. The van der Waals surface area contributed by atoms with E-state index in [1.165, 1.54) is 154 Å². The number of nitrogens with zero attached hydrogens (tertiary/aromatic N) is 1. The Morgan fingerprint density at radius 1 is 0.474 bits per heavy atom. The van der Waals surface area contributed by atoms with Gasteiger partial charge in [-0.2, -0.15) is 0 Å². The summed E-state index contributed by atoms with van der Waals surface area (Å²) in [6.07, 6.45) is 83.3. The summed E-state index contributed by atoms with van der Waals surface area (Å²) in [5.41, 5.74) is 0. The van der Waals surface area contributed by atoms with Crippen molar-refractivity contribution >= 4 is 13.7 Å². The third-order valence-corrected chi connectivity index (χ3v) is 14.4. The van der Waals surface area contributed by atoms with Crippen LogP contribution in [-0.2, 0) is 18.4 Å². The van der Waals surface area contributed by atoms with Gasteiger partial charge in [-0.25, -0.2) is 0 Å². The van der Waals surface area contributed by atoms with Crippen LogP contribution < -0.4 is 10.2 Å². The van der Waals surface area contributed by atoms with Crippen molar-refractivity contribution in [3.8, 4) is 0 Å². The summed E-state index contributed by atoms with van der Waals surface area (Å²) in [4.78, 5) is 25.5. The number of amides is 1. The van der Waals surface area contributed by atoms with Crippen LogP contribution in [0.1, 0.15) is 258 Å². The Bertz CT molecular complexity index is 1600. The number of allylic oxidation sites excluding steroid dienone is 17. The molecule has 0 heterocycles. The lowest BCUT2D eigenvalue weighted by Gasteiger charge is -2.29. The first-order chi connectivity index (χ1) is 37.0. The summed E-state index contributed by atoms with van der Waals surface area (Å²) < 4.78 is 23.3. The Kier molecular flexibility index (Phi) is 54.7. The van der Waals surface area contributed by atoms with Crippen LogP contribution in [0.3, 0.4) is 0 Å². The van der Waals surface area contributed by atoms with Gasteiger partial charge >= 0.3 is 0 Å². The number of phosphoric acid groups is 1. The first kappa shape index (κ1) is 73.2. The number of quaternary nitrogens is 1. The van der Waals surface area contributed by atoms with Gasteiger partial charge in [0.2, 0.25) is 5.91 Å². The smallest absolute Gasteiger partial charge is 0.268 e. The lowest BCUT2D eigenvalue weighted by molar-refractivity contribution is -0.870. The Hall–Kier alpha value is -2.84. The fourth-order valence-electron chi connectivity index (χ4n) is 8.62. The van der Waals surface area contributed by atoms with Gasteiger partial charge in [-0.05, 0) is 89.9 Å². The van der Waals surface area contributed by atoms with Gasteiger partial charge in [-0.15, -0.1) is 0 Å². The second kappa shape index (κ2) is 56.9. The topological polar surface area (TPSA) is 108 Å². The molecule has 0 spiro atoms. The number of aliphatic hydroxyl groups is 1. The molecule has 0 aromatic rings. The SMILES string of the molecule is CC/C=C\C/C=C\C/C=C\C/C=C\C/C=C\C/C=C\C/C=C\CCCCCCCCCCCCCCCCCCCC(=O)NC(COP(=O)([O-])OCC[N+](C)(C)C)C(O)/C=C/CC/C=C/CCCCCCCCCCC. The van der Waals surface area contributed by atoms with Crippen molar-refractivity contribution < 1.29 is 32.9 Å². The van der Waals surface area contributed by atoms with Gasteiger partial charge in [-0.3, -0.25) is 9.36 Å². The van der Waals surface area contributed by atoms with E-state index in [2.05, 4.69) is 116 Å². The van der Waals surface area contributed by atoms with Crippen molar-refractivity contribution in [2.75, 3.05) is 40.9 Å². The number of likely N-dealkylation sites (N-methyl/N-ethyl adjacent to an activating group) is 1. The molecule has 0 bridgehead atoms. The molecular formula is C67H119N2O6P. The zero-order chi connectivity index (χ0) is 55.6. The minimum atomic E-state index is -4.61. The van der Waals surface area contributed by atoms with E-state index in [9.17, 15) is 19.4 Å². The van der Waals surface area contributed by atoms with Crippen LogP contribution in [0.15, 0.2) is 109 Å². The second-order valence-electron chi connectivity index (χ2n) is 22.0. The third kappa shape index (κ3) is 58.8. The van der Waals surface area contributed by atoms with Crippen molar-refractivity contribution in [1.82, 2.24) is 5.32 Å². The van der Waals surface area contributed by atoms with E-state index in [0.29, 0.717) is 17.4 Å². The fraction of sp³-hybridized carbons (Fsp3) is 0.716. The molecule has 0 aliphatic heterocycles. The number of nitrogens with one attached hydrogen (secondary N) is 1. The molecule has 2 N–H and O–H groups in total. The van der Waals surface area contributed by atoms with Crippen molar-refractivity contribution in [3.63, 3.8) is 0 Å². The van der Waals surface area contributed by atoms with Gasteiger partial charge in [0.25, 0.3) is 7.82 Å². The molecule has 0 aliphatic carbocycles. The molecule has 0 radical (unpaired) electrons. The van der Waals surface area contributed by atoms with E-state index in [0.717, 1.165) is 83.5 Å². The van der Waals surface area contributed by atoms with Crippen molar-refractivity contribution in [2.45, 2.75) is 270 Å². The number of carbonyl (C=O) groups excluding carboxylic acids is 1. The second-order valence-corrected chi connectivity index (χ2v) is 23.4. The van der Waals surface area contributed by atoms with Crippen LogP contribution in [0.5, 0.6) is 0 Å². The van der Waals surface area contributed by atoms with E-state index in [4.69, 9.17) is 9.05 Å². The molecule has 3 atom stereocenters. The molecule has 0 aromatic heterocycles. The summed E-state index contributed by atoms with van der Waals surface area (Å²) in [5.74, 6) is -0.209. The van der Waals surface area contributed by atoms with Crippen molar-refractivity contribution in [2.24, 2.45) is 0 Å². The molecule has 8 nitrogen and oxygen atoms in total. The van der Waals surface area contributed by atoms with Gasteiger partial charge in [0, 0.05) is 6.42 Å². The van der Waals surface area contributed by atoms with E-state index in [-0.39, 0.29) is 12.5 Å². The number of unbranched alkanes of at least 4 members (excludes halogenated alkanes) is 27. The van der Waals surface area contributed by atoms with Crippen LogP contribution in [0.25, 0.3) is 0 Å². The van der Waals surface area contributed by atoms with Gasteiger partial charge in [-0.1, -0.05) is 271 Å². The molecule has 0 aliphatic rings. The Labute approximate surface area is 470 Å². The summed E-state index contributed by atoms with van der Waals surface area (Å²) in [5, 5.41) is 13.9. The molecule has 438 valence electrons. The largest absolute Gasteiger partial charge is 0.756 e. The van der Waals surface area contributed by atoms with Crippen molar-refractivity contribution in [3.05, 3.63) is 109 Å². The van der Waals surface area contributed by atoms with E-state index in [1.807, 2.05) is 27.2 Å². The molecular weight excluding hydrogens is 960 g/mol. The van der Waals surface area contributed by atoms with Gasteiger partial charge in [0.05, 0.1) is 39.9 Å². The zero-order valence-corrected chi connectivity index (χ0v) is 50.8. The minimum Gasteiger partial charge on any atom is -0.756 e. The molecule has 0 saturated heterocycles. The number of aliphatic hydroxyl groups excluding tert-OH is 1. The lowest BCUT2D eigenvalue weighted by atomic mass is 10.0. The Morgan fingerprint density at radius 3 is 1.22 bits per heavy atom. The van der Waals surface area contributed by atoms with Gasteiger partial charge in [0.15, 0.2) is 0 Å². The first-order valence-corrected chi connectivity index (χ1v) is 32.7. The maximum absolute atomic E-state index is 13.0. The fourth-order valence-corrected chi connectivity index (χ4v) is 9.34. The first-order valence-electron chi connectivity index (χ1n) is 31.2. The minimum absolute atomic E-state index is 0.00917. The van der Waals surface area contributed by atoms with E-state index >= 15 is 0 Å². The van der Waals surface area contributed by atoms with Crippen LogP contribution >= 0.6 is 7.82 Å². The normalized spacial score (nSPS) is 14.6. The van der Waals surface area contributed by atoms with Crippen LogP contribution in [0, 0.1) is 0 Å². The molecule has 9 heteroatoms. The lowest BCUT2D eigenvalue weighted by Crippen LogP contribution is -2.45. The highest BCUT2D eigenvalue weighted by molar-refractivity contribution is 7.45. The number of rotatable bonds is 56. The average Bonchev–Trinajstić information content (AvgIpc) is 3.38. The Morgan fingerprint density at radius 2 is 0.816 bits per heavy atom. The van der Waals surface area contributed by atoms with Crippen LogP contribution in [0.4, 0.5) is 0 Å². The van der Waals surface area contributed by atoms with Crippen LogP contribution in [0.2, 0.25) is 0 Å². The summed E-state index contributed by atoms with van der Waals surface area (Å²) in [7, 11) is 1.24. The molecule has 0 saturated carbocycles. The monoisotopic (exact) mass is 1080 g/mol. The molecule has 3 unspecified atom stereocenters. The van der Waals surface area contributed by atoms with Crippen LogP contribution in [-0.4, -0.2) is 68.5 Å². The molecule has 0 aromatic carbocycles. The average molecular weight is 1080 g/mol. The predicted molar refractivity (Wildman–Crippen MR) is 329 cm³/mol. The maximum Gasteiger partial charge on any atom is 0.268 e. The van der Waals surface area contributed by atoms with E-state index < -0.39 is 26.6 Å². The standard InChI is InChI=1S/C67H119N2O6P/c1-6-8-10-12-14-16-18-20-22-23-24-25-26-27-28-29-30-31-32-33-34-35-36-37-38-39-40-41-42-43-44-45-47-49-51-53-55-57-59-61-67(71)68-65(64-75-76(72,73)74-63-62-69(3,4)5)66(70)60-58-56-54-52-50-48-46-21-19-17-15-13-11-9-7-2/h8,10,14,16,20,22,24-25,27-28,30-31,33-34,50,52,58,60,65-66,70H,6-7,9,11-13,15,17-19,21,23,26,29,32,35-49,51,53-57,59,61-64H2,1-5H3,(H-,68,71,72,73)/b10-8-,16-14-,22-20-,25-24-,28-27-,31-30-,34-33-,52-50+,60-58+. The van der Waals surface area contributed by atoms with Gasteiger partial charge < -0.3 is 28.8 Å². The summed E-state index contributed by atoms with van der Waals surface area (Å²) in [6.45, 7) is 4.51. The van der Waals surface area contributed by atoms with Crippen molar-refractivity contribution in [1.29, 1.82) is 0 Å². The number of carbonyl (C=O) groups is 1. The number of phosphoric ester groups is 1. The molecule has 0 fully saturated rings. The highest BCUT2D eigenvalue weighted by atomic mass is 31.2. The van der Waals surface area contributed by atoms with Gasteiger partial charge in [0.1, 0.15) is 13.2 Å². The highest BCUT2D eigenvalue weighted by Crippen LogP contribution is 2.38. The Balaban J connectivity index is 4.03. The zero-order valence-electron chi connectivity index (χ0n) is 49.9. The third-order valence-electron chi connectivity index (χ3n) is 13.5. The highest BCUT2D eigenvalue weighted by Gasteiger charge is 2.23. The quantitative estimate of drug-likeness (QED) is 0.0272. The molecule has 0 rings (SSSR count). The summed E-state index contributed by atoms with van der Waals surface area (Å²) >= 11 is 0. The molecule has 76 heavy (non-hydrogen) atoms. The summed E-state index contributed by atoms with van der Waals surface area (Å²) in [6, 6.07) is -0.907. The molecule has 1 amide bonds.